The monoisotopic (exact) mass is 599 g/mol. The second kappa shape index (κ2) is 12.3. The predicted octanol–water partition coefficient (Wildman–Crippen LogP) is 6.96. The van der Waals surface area contributed by atoms with Gasteiger partial charge < -0.3 is 20.1 Å². The summed E-state index contributed by atoms with van der Waals surface area (Å²) in [6, 6.07) is 11.1. The van der Waals surface area contributed by atoms with Crippen molar-refractivity contribution in [3.05, 3.63) is 63.3 Å². The van der Waals surface area contributed by atoms with Gasteiger partial charge in [-0.3, -0.25) is 4.79 Å². The molecule has 0 radical (unpaired) electrons. The molecule has 0 saturated carbocycles. The summed E-state index contributed by atoms with van der Waals surface area (Å²) in [5.41, 5.74) is 3.86. The summed E-state index contributed by atoms with van der Waals surface area (Å²) >= 11 is 5.28. The molecule has 2 aromatic carbocycles. The maximum Gasteiger partial charge on any atom is 0.255 e. The van der Waals surface area contributed by atoms with Crippen LogP contribution in [0.3, 0.4) is 0 Å². The van der Waals surface area contributed by atoms with Gasteiger partial charge in [0.1, 0.15) is 6.04 Å². The van der Waals surface area contributed by atoms with Crippen LogP contribution in [0.2, 0.25) is 0 Å². The highest BCUT2D eigenvalue weighted by atomic mass is 79.9. The molecule has 4 rings (SSSR count). The van der Waals surface area contributed by atoms with Crippen LogP contribution in [0.5, 0.6) is 11.5 Å². The SMILES string of the molecule is CCCCSc1nc2n(n1)C(c1cc(Br)c(OC(C)C)c(OC)c1)C(C(=O)Nc1cccc(C)c1)=C(C)N2. The van der Waals surface area contributed by atoms with Crippen LogP contribution in [-0.2, 0) is 4.79 Å². The summed E-state index contributed by atoms with van der Waals surface area (Å²) in [5, 5.41) is 11.9. The molecule has 2 heterocycles. The van der Waals surface area contributed by atoms with E-state index in [4.69, 9.17) is 19.6 Å². The van der Waals surface area contributed by atoms with Gasteiger partial charge in [-0.05, 0) is 85.4 Å². The molecule has 1 unspecified atom stereocenters. The summed E-state index contributed by atoms with van der Waals surface area (Å²) in [7, 11) is 1.61. The number of unbranched alkanes of at least 4 members (excludes halogenated alkanes) is 1. The van der Waals surface area contributed by atoms with E-state index in [-0.39, 0.29) is 12.0 Å². The number of allylic oxidation sites excluding steroid dienone is 1. The number of aromatic nitrogens is 3. The second-order valence-electron chi connectivity index (χ2n) is 9.46. The zero-order valence-corrected chi connectivity index (χ0v) is 25.0. The molecule has 1 atom stereocenters. The number of hydrogen-bond donors (Lipinski definition) is 2. The number of nitrogens with one attached hydrogen (secondary N) is 2. The summed E-state index contributed by atoms with van der Waals surface area (Å²) in [6.45, 7) is 9.98. The number of ether oxygens (including phenoxy) is 2. The number of rotatable bonds is 10. The molecule has 1 aromatic heterocycles. The van der Waals surface area contributed by atoms with E-state index >= 15 is 0 Å². The third kappa shape index (κ3) is 6.18. The smallest absolute Gasteiger partial charge is 0.255 e. The Labute approximate surface area is 236 Å². The van der Waals surface area contributed by atoms with Crippen molar-refractivity contribution < 1.29 is 14.3 Å². The van der Waals surface area contributed by atoms with Crippen LogP contribution in [-0.4, -0.2) is 39.6 Å². The van der Waals surface area contributed by atoms with Crippen LogP contribution in [0.4, 0.5) is 11.6 Å². The zero-order chi connectivity index (χ0) is 27.4. The van der Waals surface area contributed by atoms with Crippen molar-refractivity contribution >= 4 is 45.2 Å². The fourth-order valence-electron chi connectivity index (χ4n) is 4.27. The largest absolute Gasteiger partial charge is 0.493 e. The zero-order valence-electron chi connectivity index (χ0n) is 22.6. The Morgan fingerprint density at radius 3 is 2.74 bits per heavy atom. The van der Waals surface area contributed by atoms with Crippen molar-refractivity contribution in [3.8, 4) is 11.5 Å². The molecule has 2 N–H and O–H groups in total. The number of thioether (sulfide) groups is 1. The fraction of sp³-hybridized carbons (Fsp3) is 0.393. The summed E-state index contributed by atoms with van der Waals surface area (Å²) in [6.07, 6.45) is 2.14. The van der Waals surface area contributed by atoms with Crippen LogP contribution in [0.15, 0.2) is 57.3 Å². The molecule has 3 aromatic rings. The van der Waals surface area contributed by atoms with Crippen molar-refractivity contribution in [2.24, 2.45) is 0 Å². The van der Waals surface area contributed by atoms with Crippen LogP contribution >= 0.6 is 27.7 Å². The molecule has 1 aliphatic rings. The highest BCUT2D eigenvalue weighted by molar-refractivity contribution is 9.10. The minimum absolute atomic E-state index is 0.0349. The number of anilines is 2. The molecule has 0 saturated heterocycles. The van der Waals surface area contributed by atoms with Crippen LogP contribution in [0, 0.1) is 6.92 Å². The van der Waals surface area contributed by atoms with Crippen LogP contribution < -0.4 is 20.1 Å². The highest BCUT2D eigenvalue weighted by Gasteiger charge is 2.35. The Balaban J connectivity index is 1.81. The van der Waals surface area contributed by atoms with Crippen LogP contribution in [0.1, 0.15) is 57.7 Å². The minimum Gasteiger partial charge on any atom is -0.493 e. The number of benzene rings is 2. The first kappa shape index (κ1) is 28.0. The van der Waals surface area contributed by atoms with Gasteiger partial charge in [0.05, 0.1) is 23.3 Å². The Morgan fingerprint density at radius 2 is 2.05 bits per heavy atom. The summed E-state index contributed by atoms with van der Waals surface area (Å²) in [4.78, 5) is 18.5. The van der Waals surface area contributed by atoms with E-state index in [1.54, 1.807) is 23.6 Å². The van der Waals surface area contributed by atoms with Gasteiger partial charge in [-0.25, -0.2) is 4.68 Å². The predicted molar refractivity (Wildman–Crippen MR) is 156 cm³/mol. The van der Waals surface area contributed by atoms with E-state index < -0.39 is 6.04 Å². The number of nitrogens with zero attached hydrogens (tertiary/aromatic N) is 3. The third-order valence-electron chi connectivity index (χ3n) is 6.00. The lowest BCUT2D eigenvalue weighted by Gasteiger charge is -2.29. The lowest BCUT2D eigenvalue weighted by molar-refractivity contribution is -0.113. The molecule has 1 amide bonds. The topological polar surface area (TPSA) is 90.3 Å². The van der Waals surface area contributed by atoms with Gasteiger partial charge in [0.15, 0.2) is 11.5 Å². The molecule has 38 heavy (non-hydrogen) atoms. The molecule has 8 nitrogen and oxygen atoms in total. The molecule has 0 fully saturated rings. The maximum atomic E-state index is 13.8. The number of aryl methyl sites for hydroxylation is 1. The molecule has 1 aliphatic heterocycles. The summed E-state index contributed by atoms with van der Waals surface area (Å²) in [5.74, 6) is 2.48. The average molecular weight is 601 g/mol. The first-order valence-electron chi connectivity index (χ1n) is 12.7. The molecule has 10 heteroatoms. The van der Waals surface area contributed by atoms with Gasteiger partial charge in [-0.2, -0.15) is 4.98 Å². The third-order valence-corrected chi connectivity index (χ3v) is 7.52. The number of methoxy groups -OCH3 is 1. The van der Waals surface area contributed by atoms with Gasteiger partial charge in [0.2, 0.25) is 11.1 Å². The molecule has 0 spiro atoms. The number of carbonyl (C=O) groups is 1. The molecular formula is C28H34BrN5O3S. The van der Waals surface area contributed by atoms with E-state index in [0.29, 0.717) is 33.9 Å². The van der Waals surface area contributed by atoms with Gasteiger partial charge >= 0.3 is 0 Å². The Bertz CT molecular complexity index is 1350. The fourth-order valence-corrected chi connectivity index (χ4v) is 5.74. The summed E-state index contributed by atoms with van der Waals surface area (Å²) < 4.78 is 14.2. The lowest BCUT2D eigenvalue weighted by atomic mass is 9.94. The average Bonchev–Trinajstić information content (AvgIpc) is 3.26. The highest BCUT2D eigenvalue weighted by Crippen LogP contribution is 2.43. The van der Waals surface area contributed by atoms with Crippen molar-refractivity contribution in [2.75, 3.05) is 23.5 Å². The number of amides is 1. The van der Waals surface area contributed by atoms with Crippen molar-refractivity contribution in [1.82, 2.24) is 14.8 Å². The number of carbonyl (C=O) groups excluding carboxylic acids is 1. The van der Waals surface area contributed by atoms with E-state index in [9.17, 15) is 4.79 Å². The van der Waals surface area contributed by atoms with Gasteiger partial charge in [0, 0.05) is 17.1 Å². The molecular weight excluding hydrogens is 566 g/mol. The maximum absolute atomic E-state index is 13.8. The molecule has 0 aliphatic carbocycles. The first-order valence-corrected chi connectivity index (χ1v) is 14.5. The van der Waals surface area contributed by atoms with Crippen molar-refractivity contribution in [1.29, 1.82) is 0 Å². The quantitative estimate of drug-likeness (QED) is 0.192. The second-order valence-corrected chi connectivity index (χ2v) is 11.4. The number of halogens is 1. The Kier molecular flexibility index (Phi) is 9.04. The van der Waals surface area contributed by atoms with E-state index in [0.717, 1.165) is 39.9 Å². The Hall–Kier alpha value is -2.98. The number of hydrogen-bond acceptors (Lipinski definition) is 7. The van der Waals surface area contributed by atoms with Crippen molar-refractivity contribution in [3.63, 3.8) is 0 Å². The van der Waals surface area contributed by atoms with Gasteiger partial charge in [-0.1, -0.05) is 37.2 Å². The Morgan fingerprint density at radius 1 is 1.26 bits per heavy atom. The molecule has 202 valence electrons. The van der Waals surface area contributed by atoms with Crippen molar-refractivity contribution in [2.45, 2.75) is 64.8 Å². The van der Waals surface area contributed by atoms with E-state index in [2.05, 4.69) is 33.5 Å². The lowest BCUT2D eigenvalue weighted by Crippen LogP contribution is -2.31. The van der Waals surface area contributed by atoms with E-state index in [1.807, 2.05) is 64.1 Å². The number of fused-ring (bicyclic) bond motifs is 1. The van der Waals surface area contributed by atoms with Gasteiger partial charge in [-0.15, -0.1) is 5.10 Å². The standard InChI is InChI=1S/C28H34BrN5O3S/c1-7-8-12-38-28-32-27-30-18(5)23(26(35)31-20-11-9-10-17(4)13-20)24(34(27)33-28)19-14-21(29)25(37-16(2)3)22(15-19)36-6/h9-11,13-16,24H,7-8,12H2,1-6H3,(H,31,35)(H,30,32,33). The van der Waals surface area contributed by atoms with Gasteiger partial charge in [0.25, 0.3) is 5.91 Å². The van der Waals surface area contributed by atoms with Crippen LogP contribution in [0.25, 0.3) is 0 Å². The van der Waals surface area contributed by atoms with E-state index in [1.165, 1.54) is 0 Å². The first-order chi connectivity index (χ1) is 18.2. The molecule has 0 bridgehead atoms. The minimum atomic E-state index is -0.539. The normalized spacial score (nSPS) is 14.8.